The van der Waals surface area contributed by atoms with E-state index < -0.39 is 12.0 Å². The summed E-state index contributed by atoms with van der Waals surface area (Å²) < 4.78 is 5.25. The number of carbonyl (C=O) groups excluding carboxylic acids is 1. The maximum Gasteiger partial charge on any atom is 0.248 e. The molecule has 5 heteroatoms. The van der Waals surface area contributed by atoms with Crippen molar-refractivity contribution in [1.82, 2.24) is 5.32 Å². The standard InChI is InChI=1S/C19H22N2O3/c1-24-15-7-6-12-9-17(21-11-14(12)8-15)18(22)10-13-4-2-3-5-16(13)19(20)23/h2-8,17-18,21-22H,9-11H2,1H3,(H2,20,23)/t17-,18+/m0/s1. The summed E-state index contributed by atoms with van der Waals surface area (Å²) >= 11 is 0. The average Bonchev–Trinajstić information content (AvgIpc) is 2.61. The van der Waals surface area contributed by atoms with Crippen LogP contribution in [0.25, 0.3) is 0 Å². The lowest BCUT2D eigenvalue weighted by Gasteiger charge is -2.30. The Kier molecular flexibility index (Phi) is 4.83. The minimum absolute atomic E-state index is 0.0631. The Labute approximate surface area is 141 Å². The number of nitrogens with one attached hydrogen (secondary N) is 1. The quantitative estimate of drug-likeness (QED) is 0.776. The minimum Gasteiger partial charge on any atom is -0.497 e. The molecule has 2 aromatic rings. The number of amides is 1. The van der Waals surface area contributed by atoms with E-state index in [9.17, 15) is 9.90 Å². The summed E-state index contributed by atoms with van der Waals surface area (Å²) in [5, 5.41) is 14.0. The molecule has 4 N–H and O–H groups in total. The number of aliphatic hydroxyl groups is 1. The van der Waals surface area contributed by atoms with Crippen LogP contribution < -0.4 is 15.8 Å². The number of hydrogen-bond acceptors (Lipinski definition) is 4. The van der Waals surface area contributed by atoms with Crippen molar-refractivity contribution in [1.29, 1.82) is 0 Å². The van der Waals surface area contributed by atoms with E-state index in [2.05, 4.69) is 5.32 Å². The monoisotopic (exact) mass is 326 g/mol. The number of carbonyl (C=O) groups is 1. The predicted octanol–water partition coefficient (Wildman–Crippen LogP) is 1.41. The maximum atomic E-state index is 11.5. The van der Waals surface area contributed by atoms with Gasteiger partial charge < -0.3 is 20.9 Å². The van der Waals surface area contributed by atoms with E-state index in [1.807, 2.05) is 30.3 Å². The molecular formula is C19H22N2O3. The van der Waals surface area contributed by atoms with Gasteiger partial charge in [0.25, 0.3) is 0 Å². The van der Waals surface area contributed by atoms with Gasteiger partial charge >= 0.3 is 0 Å². The largest absolute Gasteiger partial charge is 0.497 e. The van der Waals surface area contributed by atoms with Gasteiger partial charge in [0.15, 0.2) is 0 Å². The molecule has 0 aliphatic carbocycles. The van der Waals surface area contributed by atoms with Crippen molar-refractivity contribution in [2.45, 2.75) is 31.5 Å². The lowest BCUT2D eigenvalue weighted by molar-refractivity contribution is 0.0995. The number of nitrogens with two attached hydrogens (primary N) is 1. The first-order valence-corrected chi connectivity index (χ1v) is 8.03. The van der Waals surface area contributed by atoms with Gasteiger partial charge in [0.2, 0.25) is 5.91 Å². The van der Waals surface area contributed by atoms with Crippen molar-refractivity contribution in [2.24, 2.45) is 5.73 Å². The Morgan fingerprint density at radius 1 is 1.33 bits per heavy atom. The summed E-state index contributed by atoms with van der Waals surface area (Å²) in [6.07, 6.45) is 0.530. The highest BCUT2D eigenvalue weighted by Crippen LogP contribution is 2.24. The predicted molar refractivity (Wildman–Crippen MR) is 92.0 cm³/mol. The summed E-state index contributed by atoms with van der Waals surface area (Å²) in [6, 6.07) is 13.1. The number of rotatable bonds is 5. The van der Waals surface area contributed by atoms with Crippen LogP contribution in [0.1, 0.15) is 27.0 Å². The highest BCUT2D eigenvalue weighted by molar-refractivity contribution is 5.94. The molecule has 24 heavy (non-hydrogen) atoms. The van der Waals surface area contributed by atoms with Gasteiger partial charge in [-0.3, -0.25) is 4.79 Å². The van der Waals surface area contributed by atoms with Crippen molar-refractivity contribution < 1.29 is 14.6 Å². The third-order valence-electron chi connectivity index (χ3n) is 4.58. The van der Waals surface area contributed by atoms with Gasteiger partial charge in [0.05, 0.1) is 13.2 Å². The molecule has 1 aliphatic rings. The summed E-state index contributed by atoms with van der Waals surface area (Å²) in [5.41, 5.74) is 9.06. The topological polar surface area (TPSA) is 84.6 Å². The molecule has 0 radical (unpaired) electrons. The Morgan fingerprint density at radius 2 is 2.12 bits per heavy atom. The fourth-order valence-corrected chi connectivity index (χ4v) is 3.22. The molecule has 1 aliphatic heterocycles. The first-order valence-electron chi connectivity index (χ1n) is 8.03. The fourth-order valence-electron chi connectivity index (χ4n) is 3.22. The second-order valence-corrected chi connectivity index (χ2v) is 6.12. The number of aliphatic hydroxyl groups excluding tert-OH is 1. The number of methoxy groups -OCH3 is 1. The molecule has 0 saturated heterocycles. The van der Waals surface area contributed by atoms with Crippen LogP contribution in [0.4, 0.5) is 0 Å². The van der Waals surface area contributed by atoms with Gasteiger partial charge in [0, 0.05) is 24.6 Å². The van der Waals surface area contributed by atoms with Crippen molar-refractivity contribution in [3.8, 4) is 5.75 Å². The molecule has 0 spiro atoms. The second kappa shape index (κ2) is 7.03. The molecule has 126 valence electrons. The highest BCUT2D eigenvalue weighted by atomic mass is 16.5. The number of primary amides is 1. The first kappa shape index (κ1) is 16.5. The summed E-state index contributed by atoms with van der Waals surface area (Å²) in [4.78, 5) is 11.5. The van der Waals surface area contributed by atoms with Crippen molar-refractivity contribution in [3.63, 3.8) is 0 Å². The molecule has 3 rings (SSSR count). The normalized spacial score (nSPS) is 17.8. The van der Waals surface area contributed by atoms with E-state index in [0.29, 0.717) is 18.5 Å². The average molecular weight is 326 g/mol. The summed E-state index contributed by atoms with van der Waals surface area (Å²) in [7, 11) is 1.65. The molecule has 0 aromatic heterocycles. The molecule has 1 amide bonds. The Balaban J connectivity index is 1.73. The Bertz CT molecular complexity index is 745. The molecular weight excluding hydrogens is 304 g/mol. The van der Waals surface area contributed by atoms with Crippen LogP contribution >= 0.6 is 0 Å². The van der Waals surface area contributed by atoms with Gasteiger partial charge in [-0.15, -0.1) is 0 Å². The van der Waals surface area contributed by atoms with E-state index in [0.717, 1.165) is 17.7 Å². The molecule has 0 fully saturated rings. The van der Waals surface area contributed by atoms with Crippen molar-refractivity contribution >= 4 is 5.91 Å². The SMILES string of the molecule is COc1ccc2c(c1)CN[C@H]([C@H](O)Cc1ccccc1C(N)=O)C2. The summed E-state index contributed by atoms with van der Waals surface area (Å²) in [6.45, 7) is 0.686. The minimum atomic E-state index is -0.597. The molecule has 5 nitrogen and oxygen atoms in total. The van der Waals surface area contributed by atoms with Crippen LogP contribution in [0.3, 0.4) is 0 Å². The molecule has 2 aromatic carbocycles. The lowest BCUT2D eigenvalue weighted by atomic mass is 9.89. The van der Waals surface area contributed by atoms with Gasteiger partial charge in [-0.05, 0) is 41.3 Å². The summed E-state index contributed by atoms with van der Waals surface area (Å²) in [5.74, 6) is 0.372. The van der Waals surface area contributed by atoms with Crippen molar-refractivity contribution in [2.75, 3.05) is 7.11 Å². The lowest BCUT2D eigenvalue weighted by Crippen LogP contribution is -2.45. The van der Waals surface area contributed by atoms with E-state index >= 15 is 0 Å². The third kappa shape index (κ3) is 3.42. The van der Waals surface area contributed by atoms with Crippen LogP contribution in [-0.4, -0.2) is 30.3 Å². The van der Waals surface area contributed by atoms with Crippen molar-refractivity contribution in [3.05, 3.63) is 64.7 Å². The van der Waals surface area contributed by atoms with E-state index in [4.69, 9.17) is 10.5 Å². The number of ether oxygens (including phenoxy) is 1. The fraction of sp³-hybridized carbons (Fsp3) is 0.316. The van der Waals surface area contributed by atoms with Crippen LogP contribution in [0.5, 0.6) is 5.75 Å². The number of benzene rings is 2. The van der Waals surface area contributed by atoms with Gasteiger partial charge in [0.1, 0.15) is 5.75 Å². The van der Waals surface area contributed by atoms with E-state index in [1.54, 1.807) is 19.2 Å². The Morgan fingerprint density at radius 3 is 2.88 bits per heavy atom. The molecule has 0 unspecified atom stereocenters. The zero-order valence-corrected chi connectivity index (χ0v) is 13.7. The third-order valence-corrected chi connectivity index (χ3v) is 4.58. The van der Waals surface area contributed by atoms with Gasteiger partial charge in [-0.2, -0.15) is 0 Å². The van der Waals surface area contributed by atoms with Crippen LogP contribution in [-0.2, 0) is 19.4 Å². The Hall–Kier alpha value is -2.37. The smallest absolute Gasteiger partial charge is 0.248 e. The maximum absolute atomic E-state index is 11.5. The first-order chi connectivity index (χ1) is 11.6. The number of hydrogen-bond donors (Lipinski definition) is 3. The van der Waals surface area contributed by atoms with Crippen LogP contribution in [0.15, 0.2) is 42.5 Å². The zero-order valence-electron chi connectivity index (χ0n) is 13.7. The van der Waals surface area contributed by atoms with E-state index in [1.165, 1.54) is 11.1 Å². The van der Waals surface area contributed by atoms with Gasteiger partial charge in [-0.1, -0.05) is 24.3 Å². The highest BCUT2D eigenvalue weighted by Gasteiger charge is 2.25. The number of fused-ring (bicyclic) bond motifs is 1. The molecule has 2 atom stereocenters. The van der Waals surface area contributed by atoms with E-state index in [-0.39, 0.29) is 6.04 Å². The zero-order chi connectivity index (χ0) is 17.1. The molecule has 0 bridgehead atoms. The van der Waals surface area contributed by atoms with Crippen LogP contribution in [0, 0.1) is 0 Å². The molecule has 0 saturated carbocycles. The van der Waals surface area contributed by atoms with Crippen LogP contribution in [0.2, 0.25) is 0 Å². The second-order valence-electron chi connectivity index (χ2n) is 6.12. The molecule has 1 heterocycles. The van der Waals surface area contributed by atoms with Gasteiger partial charge in [-0.25, -0.2) is 0 Å².